The molecule has 0 amide bonds. The van der Waals surface area contributed by atoms with E-state index in [0.29, 0.717) is 5.56 Å². The van der Waals surface area contributed by atoms with Gasteiger partial charge in [0, 0.05) is 0 Å². The zero-order valence-electron chi connectivity index (χ0n) is 13.1. The molecule has 0 fully saturated rings. The third kappa shape index (κ3) is 5.37. The summed E-state index contributed by atoms with van der Waals surface area (Å²) in [7, 11) is -3.72. The van der Waals surface area contributed by atoms with Crippen molar-refractivity contribution in [1.29, 1.82) is 0 Å². The lowest BCUT2D eigenvalue weighted by Crippen LogP contribution is -2.26. The Morgan fingerprint density at radius 1 is 0.950 bits per heavy atom. The second kappa shape index (κ2) is 5.98. The average Bonchev–Trinajstić information content (AvgIpc) is 2.24. The molecular formula is C15H25O4P. The fraction of sp³-hybridized carbons (Fsp3) is 0.600. The molecule has 0 heterocycles. The molecule has 1 atom stereocenters. The highest BCUT2D eigenvalue weighted by molar-refractivity contribution is 7.54. The summed E-state index contributed by atoms with van der Waals surface area (Å²) in [5.74, 6) is -1.30. The number of benzene rings is 1. The first-order chi connectivity index (χ1) is 8.93. The zero-order valence-corrected chi connectivity index (χ0v) is 14.0. The summed E-state index contributed by atoms with van der Waals surface area (Å²) in [6, 6.07) is 8.79. The largest absolute Gasteiger partial charge is 0.376 e. The third-order valence-corrected chi connectivity index (χ3v) is 4.70. The molecule has 0 spiro atoms. The van der Waals surface area contributed by atoms with Gasteiger partial charge in [-0.15, -0.1) is 0 Å². The summed E-state index contributed by atoms with van der Waals surface area (Å²) in [4.78, 5) is 0. The lowest BCUT2D eigenvalue weighted by molar-refractivity contribution is 0.0271. The van der Waals surface area contributed by atoms with Crippen LogP contribution < -0.4 is 0 Å². The minimum Gasteiger partial charge on any atom is -0.376 e. The Balaban J connectivity index is 3.14. The number of aliphatic hydroxyl groups is 1. The Morgan fingerprint density at radius 3 is 1.70 bits per heavy atom. The van der Waals surface area contributed by atoms with E-state index in [0.717, 1.165) is 0 Å². The Kier molecular flexibility index (Phi) is 5.20. The summed E-state index contributed by atoms with van der Waals surface area (Å²) in [6.45, 7) is 10.7. The SMILES string of the molecule is CC(C)(C)OP(=O)(OC(C)(C)C)C(O)c1ccccc1. The van der Waals surface area contributed by atoms with E-state index in [4.69, 9.17) is 9.05 Å². The predicted octanol–water partition coefficient (Wildman–Crippen LogP) is 4.50. The second-order valence-electron chi connectivity index (χ2n) is 6.73. The highest BCUT2D eigenvalue weighted by atomic mass is 31.2. The molecule has 0 saturated carbocycles. The van der Waals surface area contributed by atoms with E-state index < -0.39 is 24.6 Å². The maximum atomic E-state index is 13.1. The molecule has 1 rings (SSSR count). The third-order valence-electron chi connectivity index (χ3n) is 2.20. The number of hydrogen-bond donors (Lipinski definition) is 1. The molecular weight excluding hydrogens is 275 g/mol. The molecule has 4 nitrogen and oxygen atoms in total. The van der Waals surface area contributed by atoms with Gasteiger partial charge in [-0.25, -0.2) is 0 Å². The van der Waals surface area contributed by atoms with Gasteiger partial charge in [0.1, 0.15) is 0 Å². The molecule has 1 aromatic carbocycles. The quantitative estimate of drug-likeness (QED) is 0.832. The van der Waals surface area contributed by atoms with Crippen LogP contribution in [0.25, 0.3) is 0 Å². The normalized spacial score (nSPS) is 15.2. The van der Waals surface area contributed by atoms with Crippen molar-refractivity contribution >= 4 is 7.60 Å². The number of rotatable bonds is 4. The van der Waals surface area contributed by atoms with Crippen LogP contribution in [0.4, 0.5) is 0 Å². The van der Waals surface area contributed by atoms with E-state index in [9.17, 15) is 9.67 Å². The van der Waals surface area contributed by atoms with Crippen molar-refractivity contribution in [3.05, 3.63) is 35.9 Å². The molecule has 0 bridgehead atoms. The minimum absolute atomic E-state index is 0.518. The van der Waals surface area contributed by atoms with Gasteiger partial charge in [-0.05, 0) is 47.1 Å². The standard InChI is InChI=1S/C15H25O4P/c1-14(2,3)18-20(17,19-15(4,5)6)13(16)12-10-8-7-9-11-12/h7-11,13,16H,1-6H3. The Hall–Kier alpha value is -0.670. The fourth-order valence-electron chi connectivity index (χ4n) is 1.69. The molecule has 0 aliphatic rings. The van der Waals surface area contributed by atoms with Gasteiger partial charge in [0.05, 0.1) is 11.2 Å². The van der Waals surface area contributed by atoms with Gasteiger partial charge in [0.15, 0.2) is 5.85 Å². The Labute approximate surface area is 121 Å². The van der Waals surface area contributed by atoms with Crippen molar-refractivity contribution in [2.75, 3.05) is 0 Å². The molecule has 0 aliphatic carbocycles. The van der Waals surface area contributed by atoms with Gasteiger partial charge in [-0.3, -0.25) is 4.57 Å². The summed E-state index contributed by atoms with van der Waals surface area (Å²) in [5, 5.41) is 10.5. The molecule has 1 aromatic rings. The van der Waals surface area contributed by atoms with Crippen LogP contribution in [-0.4, -0.2) is 16.3 Å². The molecule has 0 radical (unpaired) electrons. The summed E-state index contributed by atoms with van der Waals surface area (Å²) in [6.07, 6.45) is 0. The van der Waals surface area contributed by atoms with Crippen LogP contribution in [0.2, 0.25) is 0 Å². The first-order valence-corrected chi connectivity index (χ1v) is 8.28. The van der Waals surface area contributed by atoms with Crippen LogP contribution >= 0.6 is 7.60 Å². The van der Waals surface area contributed by atoms with Crippen molar-refractivity contribution in [2.45, 2.75) is 58.6 Å². The van der Waals surface area contributed by atoms with Crippen LogP contribution in [0.15, 0.2) is 30.3 Å². The predicted molar refractivity (Wildman–Crippen MR) is 80.7 cm³/mol. The molecule has 0 saturated heterocycles. The van der Waals surface area contributed by atoms with Crippen molar-refractivity contribution in [3.63, 3.8) is 0 Å². The highest BCUT2D eigenvalue weighted by Crippen LogP contribution is 2.63. The van der Waals surface area contributed by atoms with E-state index in [-0.39, 0.29) is 0 Å². The van der Waals surface area contributed by atoms with E-state index in [1.54, 1.807) is 65.8 Å². The monoisotopic (exact) mass is 300 g/mol. The van der Waals surface area contributed by atoms with Crippen molar-refractivity contribution in [2.24, 2.45) is 0 Å². The molecule has 114 valence electrons. The Bertz CT molecular complexity index is 451. The van der Waals surface area contributed by atoms with Gasteiger partial charge in [-0.2, -0.15) is 0 Å². The first-order valence-electron chi connectivity index (χ1n) is 6.67. The van der Waals surface area contributed by atoms with Crippen molar-refractivity contribution in [1.82, 2.24) is 0 Å². The molecule has 0 aromatic heterocycles. The second-order valence-corrected chi connectivity index (χ2v) is 8.67. The zero-order chi connectivity index (χ0) is 15.6. The van der Waals surface area contributed by atoms with Crippen molar-refractivity contribution in [3.8, 4) is 0 Å². The number of hydrogen-bond acceptors (Lipinski definition) is 4. The Morgan fingerprint density at radius 2 is 1.35 bits per heavy atom. The van der Waals surface area contributed by atoms with Gasteiger partial charge in [0.25, 0.3) is 0 Å². The molecule has 5 heteroatoms. The maximum absolute atomic E-state index is 13.1. The smallest absolute Gasteiger partial charge is 0.364 e. The number of aliphatic hydroxyl groups excluding tert-OH is 1. The summed E-state index contributed by atoms with van der Waals surface area (Å²) >= 11 is 0. The summed E-state index contributed by atoms with van der Waals surface area (Å²) in [5.41, 5.74) is -0.850. The lowest BCUT2D eigenvalue weighted by Gasteiger charge is -2.34. The van der Waals surface area contributed by atoms with E-state index in [1.165, 1.54) is 0 Å². The van der Waals surface area contributed by atoms with Gasteiger partial charge in [0.2, 0.25) is 0 Å². The van der Waals surface area contributed by atoms with Gasteiger partial charge >= 0.3 is 7.60 Å². The highest BCUT2D eigenvalue weighted by Gasteiger charge is 2.42. The molecule has 0 aliphatic heterocycles. The van der Waals surface area contributed by atoms with Crippen molar-refractivity contribution < 1.29 is 18.7 Å². The summed E-state index contributed by atoms with van der Waals surface area (Å²) < 4.78 is 24.3. The maximum Gasteiger partial charge on any atom is 0.364 e. The van der Waals surface area contributed by atoms with Gasteiger partial charge < -0.3 is 14.2 Å². The molecule has 1 unspecified atom stereocenters. The van der Waals surface area contributed by atoms with E-state index >= 15 is 0 Å². The topological polar surface area (TPSA) is 55.8 Å². The van der Waals surface area contributed by atoms with E-state index in [2.05, 4.69) is 0 Å². The van der Waals surface area contributed by atoms with Crippen LogP contribution in [0, 0.1) is 0 Å². The first kappa shape index (κ1) is 17.4. The van der Waals surface area contributed by atoms with Crippen LogP contribution in [0.5, 0.6) is 0 Å². The fourth-order valence-corrected chi connectivity index (χ4v) is 3.99. The molecule has 1 N–H and O–H groups in total. The van der Waals surface area contributed by atoms with Crippen LogP contribution in [-0.2, 0) is 13.6 Å². The minimum atomic E-state index is -3.72. The van der Waals surface area contributed by atoms with Crippen LogP contribution in [0.3, 0.4) is 0 Å². The molecule has 20 heavy (non-hydrogen) atoms. The lowest BCUT2D eigenvalue weighted by atomic mass is 10.2. The average molecular weight is 300 g/mol. The van der Waals surface area contributed by atoms with Crippen LogP contribution in [0.1, 0.15) is 53.0 Å². The van der Waals surface area contributed by atoms with Gasteiger partial charge in [-0.1, -0.05) is 30.3 Å². The van der Waals surface area contributed by atoms with E-state index in [1.807, 2.05) is 6.07 Å².